The summed E-state index contributed by atoms with van der Waals surface area (Å²) in [6, 6.07) is 13.1. The average molecular weight is 532 g/mol. The number of nitrogens with one attached hydrogen (secondary N) is 1. The maximum atomic E-state index is 12.3. The van der Waals surface area contributed by atoms with Crippen LogP contribution in [-0.2, 0) is 4.79 Å². The van der Waals surface area contributed by atoms with Gasteiger partial charge in [-0.2, -0.15) is 0 Å². The minimum absolute atomic E-state index is 0.146. The lowest BCUT2D eigenvalue weighted by Gasteiger charge is -2.08. The van der Waals surface area contributed by atoms with Crippen molar-refractivity contribution < 1.29 is 4.79 Å². The second-order valence-corrected chi connectivity index (χ2v) is 9.37. The van der Waals surface area contributed by atoms with E-state index in [0.29, 0.717) is 15.7 Å². The van der Waals surface area contributed by atoms with Gasteiger partial charge < -0.3 is 5.32 Å². The smallest absolute Gasteiger partial charge is 0.234 e. The molecule has 0 atom stereocenters. The lowest BCUT2D eigenvalue weighted by Crippen LogP contribution is -2.17. The van der Waals surface area contributed by atoms with E-state index in [-0.39, 0.29) is 11.7 Å². The minimum Gasteiger partial charge on any atom is -0.325 e. The number of halogens is 3. The molecule has 1 aliphatic heterocycles. The van der Waals surface area contributed by atoms with Crippen molar-refractivity contribution in [2.45, 2.75) is 19.5 Å². The predicted octanol–water partition coefficient (Wildman–Crippen LogP) is 5.91. The summed E-state index contributed by atoms with van der Waals surface area (Å²) in [6.45, 7) is 3.89. The van der Waals surface area contributed by atoms with Crippen LogP contribution in [0.15, 0.2) is 52.4 Å². The second kappa shape index (κ2) is 8.51. The lowest BCUT2D eigenvalue weighted by molar-refractivity contribution is -0.113. The fourth-order valence-electron chi connectivity index (χ4n) is 2.45. The zero-order valence-corrected chi connectivity index (χ0v) is 19.1. The number of thioether (sulfide) groups is 1. The van der Waals surface area contributed by atoms with Gasteiger partial charge in [0.15, 0.2) is 0 Å². The molecule has 1 heterocycles. The average Bonchev–Trinajstić information content (AvgIpc) is 2.92. The van der Waals surface area contributed by atoms with Crippen molar-refractivity contribution in [1.29, 1.82) is 0 Å². The van der Waals surface area contributed by atoms with Crippen LogP contribution >= 0.6 is 57.6 Å². The first-order valence-electron chi connectivity index (χ1n) is 8.07. The van der Waals surface area contributed by atoms with Gasteiger partial charge in [0.05, 0.1) is 21.5 Å². The van der Waals surface area contributed by atoms with E-state index >= 15 is 0 Å². The number of hydrogen-bond acceptors (Lipinski definition) is 4. The molecule has 0 unspecified atom stereocenters. The SMILES string of the molecule is CC1(C)N=C(SCC(=O)Nc2ccc(Cl)c(Cl)c2)C(c2ccc(I)cc2)=N1. The molecule has 1 amide bonds. The summed E-state index contributed by atoms with van der Waals surface area (Å²) in [6.07, 6.45) is 0. The van der Waals surface area contributed by atoms with E-state index in [9.17, 15) is 4.79 Å². The van der Waals surface area contributed by atoms with Crippen molar-refractivity contribution in [3.63, 3.8) is 0 Å². The van der Waals surface area contributed by atoms with E-state index < -0.39 is 5.66 Å². The Bertz CT molecular complexity index is 942. The molecular formula is C19H16Cl2IN3OS. The van der Waals surface area contributed by atoms with E-state index in [4.69, 9.17) is 28.2 Å². The Morgan fingerprint density at radius 1 is 1.11 bits per heavy atom. The third-order valence-electron chi connectivity index (χ3n) is 3.62. The molecule has 0 saturated heterocycles. The first kappa shape index (κ1) is 20.6. The molecule has 0 fully saturated rings. The fourth-order valence-corrected chi connectivity index (χ4v) is 4.03. The zero-order valence-electron chi connectivity index (χ0n) is 14.6. The van der Waals surface area contributed by atoms with Crippen molar-refractivity contribution in [1.82, 2.24) is 0 Å². The van der Waals surface area contributed by atoms with Gasteiger partial charge in [0.1, 0.15) is 10.7 Å². The van der Waals surface area contributed by atoms with Gasteiger partial charge in [-0.05, 0) is 66.8 Å². The van der Waals surface area contributed by atoms with Gasteiger partial charge in [-0.3, -0.25) is 9.79 Å². The first-order chi connectivity index (χ1) is 12.7. The Hall–Kier alpha value is -1.09. The van der Waals surface area contributed by atoms with Crippen molar-refractivity contribution in [2.75, 3.05) is 11.1 Å². The third kappa shape index (κ3) is 5.47. The molecule has 0 aliphatic carbocycles. The maximum Gasteiger partial charge on any atom is 0.234 e. The Labute approximate surface area is 186 Å². The van der Waals surface area contributed by atoms with Crippen LogP contribution in [0.5, 0.6) is 0 Å². The largest absolute Gasteiger partial charge is 0.325 e. The Kier molecular flexibility index (Phi) is 6.50. The molecule has 1 aliphatic rings. The molecule has 0 aromatic heterocycles. The van der Waals surface area contributed by atoms with E-state index in [1.54, 1.807) is 18.2 Å². The highest BCUT2D eigenvalue weighted by molar-refractivity contribution is 14.1. The number of amides is 1. The molecule has 2 aromatic rings. The van der Waals surface area contributed by atoms with Crippen LogP contribution in [0.3, 0.4) is 0 Å². The summed E-state index contributed by atoms with van der Waals surface area (Å²) in [4.78, 5) is 21.7. The van der Waals surface area contributed by atoms with Crippen LogP contribution < -0.4 is 5.32 Å². The molecule has 27 heavy (non-hydrogen) atoms. The van der Waals surface area contributed by atoms with Gasteiger partial charge in [0, 0.05) is 14.8 Å². The van der Waals surface area contributed by atoms with Crippen LogP contribution in [0.1, 0.15) is 19.4 Å². The first-order valence-corrected chi connectivity index (χ1v) is 10.9. The van der Waals surface area contributed by atoms with Crippen LogP contribution in [0.4, 0.5) is 5.69 Å². The maximum absolute atomic E-state index is 12.3. The molecule has 0 saturated carbocycles. The molecule has 140 valence electrons. The summed E-state index contributed by atoms with van der Waals surface area (Å²) < 4.78 is 1.15. The topological polar surface area (TPSA) is 53.8 Å². The standard InChI is InChI=1S/C19H16Cl2IN3OS/c1-19(2)24-17(11-3-5-12(22)6-4-11)18(25-19)27-10-16(26)23-13-7-8-14(20)15(21)9-13/h3-9H,10H2,1-2H3,(H,23,26). The third-order valence-corrected chi connectivity index (χ3v) is 6.05. The van der Waals surface area contributed by atoms with Gasteiger partial charge in [0.2, 0.25) is 5.91 Å². The monoisotopic (exact) mass is 531 g/mol. The highest BCUT2D eigenvalue weighted by Gasteiger charge is 2.28. The molecule has 0 bridgehead atoms. The normalized spacial score (nSPS) is 15.3. The second-order valence-electron chi connectivity index (χ2n) is 6.34. The van der Waals surface area contributed by atoms with E-state index in [2.05, 4.69) is 32.9 Å². The zero-order chi connectivity index (χ0) is 19.6. The molecular weight excluding hydrogens is 516 g/mol. The number of aliphatic imine (C=N–C) groups is 2. The molecule has 3 rings (SSSR count). The van der Waals surface area contributed by atoms with Gasteiger partial charge in [-0.25, -0.2) is 4.99 Å². The van der Waals surface area contributed by atoms with Crippen LogP contribution in [0.25, 0.3) is 0 Å². The van der Waals surface area contributed by atoms with Crippen molar-refractivity contribution >= 4 is 79.9 Å². The molecule has 1 N–H and O–H groups in total. The number of hydrogen-bond donors (Lipinski definition) is 1. The van der Waals surface area contributed by atoms with Gasteiger partial charge in [-0.15, -0.1) is 0 Å². The van der Waals surface area contributed by atoms with E-state index in [1.165, 1.54) is 11.8 Å². The minimum atomic E-state index is -0.527. The summed E-state index contributed by atoms with van der Waals surface area (Å²) in [7, 11) is 0. The van der Waals surface area contributed by atoms with Crippen LogP contribution in [0.2, 0.25) is 10.0 Å². The van der Waals surface area contributed by atoms with Gasteiger partial charge in [-0.1, -0.05) is 47.1 Å². The Balaban J connectivity index is 1.68. The van der Waals surface area contributed by atoms with Crippen LogP contribution in [0, 0.1) is 3.57 Å². The molecule has 8 heteroatoms. The van der Waals surface area contributed by atoms with E-state index in [1.807, 2.05) is 38.1 Å². The van der Waals surface area contributed by atoms with Crippen molar-refractivity contribution in [3.05, 3.63) is 61.6 Å². The highest BCUT2D eigenvalue weighted by atomic mass is 127. The predicted molar refractivity (Wildman–Crippen MR) is 125 cm³/mol. The Morgan fingerprint density at radius 2 is 1.81 bits per heavy atom. The van der Waals surface area contributed by atoms with Crippen molar-refractivity contribution in [3.8, 4) is 0 Å². The summed E-state index contributed by atoms with van der Waals surface area (Å²) >= 11 is 15.5. The number of anilines is 1. The number of carbonyl (C=O) groups excluding carboxylic acids is 1. The number of benzene rings is 2. The Morgan fingerprint density at radius 3 is 2.48 bits per heavy atom. The quantitative estimate of drug-likeness (QED) is 0.499. The fraction of sp³-hybridized carbons (Fsp3) is 0.211. The summed E-state index contributed by atoms with van der Waals surface area (Å²) in [5.74, 6) is 0.0752. The van der Waals surface area contributed by atoms with Crippen molar-refractivity contribution in [2.24, 2.45) is 9.98 Å². The summed E-state index contributed by atoms with van der Waals surface area (Å²) in [5, 5.41) is 4.44. The van der Waals surface area contributed by atoms with Crippen LogP contribution in [-0.4, -0.2) is 28.1 Å². The number of rotatable bonds is 4. The van der Waals surface area contributed by atoms with Gasteiger partial charge >= 0.3 is 0 Å². The molecule has 2 aromatic carbocycles. The molecule has 0 radical (unpaired) electrons. The van der Waals surface area contributed by atoms with Gasteiger partial charge in [0.25, 0.3) is 0 Å². The molecule has 4 nitrogen and oxygen atoms in total. The molecule has 0 spiro atoms. The van der Waals surface area contributed by atoms with E-state index in [0.717, 1.165) is 19.9 Å². The summed E-state index contributed by atoms with van der Waals surface area (Å²) in [5.41, 5.74) is 1.90. The highest BCUT2D eigenvalue weighted by Crippen LogP contribution is 2.28. The number of nitrogens with zero attached hydrogens (tertiary/aromatic N) is 2. The lowest BCUT2D eigenvalue weighted by atomic mass is 10.1. The number of carbonyl (C=O) groups is 1.